The Hall–Kier alpha value is -2.87. The van der Waals surface area contributed by atoms with Gasteiger partial charge in [-0.2, -0.15) is 5.10 Å². The van der Waals surface area contributed by atoms with Gasteiger partial charge in [0, 0.05) is 24.1 Å². The van der Waals surface area contributed by atoms with Crippen molar-refractivity contribution in [1.82, 2.24) is 14.8 Å². The van der Waals surface area contributed by atoms with Crippen LogP contribution in [-0.2, 0) is 7.05 Å². The van der Waals surface area contributed by atoms with Gasteiger partial charge in [-0.25, -0.2) is 4.98 Å². The summed E-state index contributed by atoms with van der Waals surface area (Å²) in [6.07, 6.45) is 0. The number of rotatable bonds is 3. The summed E-state index contributed by atoms with van der Waals surface area (Å²) in [6.45, 7) is 2.10. The molecule has 3 heterocycles. The van der Waals surface area contributed by atoms with Crippen molar-refractivity contribution in [1.29, 1.82) is 0 Å². The van der Waals surface area contributed by atoms with E-state index in [1.54, 1.807) is 17.1 Å². The van der Waals surface area contributed by atoms with E-state index in [4.69, 9.17) is 9.47 Å². The number of amides is 1. The molecule has 8 heteroatoms. The Bertz CT molecular complexity index is 931. The van der Waals surface area contributed by atoms with Gasteiger partial charge in [-0.1, -0.05) is 0 Å². The van der Waals surface area contributed by atoms with Crippen LogP contribution in [0.1, 0.15) is 16.2 Å². The van der Waals surface area contributed by atoms with Gasteiger partial charge in [0.1, 0.15) is 16.5 Å². The Balaban J connectivity index is 1.56. The van der Waals surface area contributed by atoms with Crippen LogP contribution in [0.2, 0.25) is 0 Å². The first-order chi connectivity index (χ1) is 11.6. The summed E-state index contributed by atoms with van der Waals surface area (Å²) < 4.78 is 12.3. The van der Waals surface area contributed by atoms with Gasteiger partial charge in [-0.15, -0.1) is 11.3 Å². The number of nitrogens with one attached hydrogen (secondary N) is 1. The minimum absolute atomic E-state index is 0.231. The molecule has 3 aromatic rings. The molecule has 0 bridgehead atoms. The predicted octanol–water partition coefficient (Wildman–Crippen LogP) is 2.83. The molecule has 1 aliphatic rings. The maximum Gasteiger partial charge on any atom is 0.276 e. The molecule has 0 saturated carbocycles. The first-order valence-corrected chi connectivity index (χ1v) is 8.15. The lowest BCUT2D eigenvalue weighted by atomic mass is 10.2. The second kappa shape index (κ2) is 5.64. The lowest BCUT2D eigenvalue weighted by molar-refractivity contribution is 0.102. The lowest BCUT2D eigenvalue weighted by Gasteiger charge is -2.02. The fraction of sp³-hybridized carbons (Fsp3) is 0.188. The van der Waals surface area contributed by atoms with Crippen molar-refractivity contribution >= 4 is 23.1 Å². The van der Waals surface area contributed by atoms with Crippen LogP contribution in [0.5, 0.6) is 11.5 Å². The number of benzene rings is 1. The molecule has 0 atom stereocenters. The van der Waals surface area contributed by atoms with E-state index in [9.17, 15) is 4.79 Å². The van der Waals surface area contributed by atoms with Crippen LogP contribution in [0.25, 0.3) is 10.6 Å². The molecule has 1 aromatic carbocycles. The van der Waals surface area contributed by atoms with Crippen LogP contribution in [0.15, 0.2) is 29.6 Å². The molecule has 122 valence electrons. The van der Waals surface area contributed by atoms with Gasteiger partial charge in [-0.3, -0.25) is 9.48 Å². The van der Waals surface area contributed by atoms with E-state index in [1.165, 1.54) is 11.3 Å². The molecule has 24 heavy (non-hydrogen) atoms. The summed E-state index contributed by atoms with van der Waals surface area (Å²) in [5.41, 5.74) is 2.10. The second-order valence-electron chi connectivity index (χ2n) is 5.35. The van der Waals surface area contributed by atoms with E-state index in [-0.39, 0.29) is 12.7 Å². The van der Waals surface area contributed by atoms with E-state index in [2.05, 4.69) is 15.4 Å². The number of carbonyl (C=O) groups is 1. The van der Waals surface area contributed by atoms with Gasteiger partial charge in [0.15, 0.2) is 11.5 Å². The Morgan fingerprint density at radius 3 is 2.92 bits per heavy atom. The van der Waals surface area contributed by atoms with Crippen molar-refractivity contribution in [2.75, 3.05) is 12.1 Å². The van der Waals surface area contributed by atoms with Crippen molar-refractivity contribution < 1.29 is 14.3 Å². The minimum atomic E-state index is -0.263. The SMILES string of the molecule is Cc1cc(NC(=O)c2csc(-c3ccc4c(c3)OCO4)n2)n(C)n1. The van der Waals surface area contributed by atoms with Crippen LogP contribution >= 0.6 is 11.3 Å². The van der Waals surface area contributed by atoms with Crippen LogP contribution in [0.3, 0.4) is 0 Å². The molecule has 4 rings (SSSR count). The topological polar surface area (TPSA) is 78.3 Å². The second-order valence-corrected chi connectivity index (χ2v) is 6.21. The van der Waals surface area contributed by atoms with Crippen LogP contribution in [-0.4, -0.2) is 27.5 Å². The van der Waals surface area contributed by atoms with Crippen LogP contribution in [0.4, 0.5) is 5.82 Å². The molecule has 0 aliphatic carbocycles. The van der Waals surface area contributed by atoms with E-state index < -0.39 is 0 Å². The normalized spacial score (nSPS) is 12.4. The number of hydrogen-bond donors (Lipinski definition) is 1. The molecule has 2 aromatic heterocycles. The molecular weight excluding hydrogens is 328 g/mol. The highest BCUT2D eigenvalue weighted by Crippen LogP contribution is 2.36. The highest BCUT2D eigenvalue weighted by molar-refractivity contribution is 7.13. The van der Waals surface area contributed by atoms with Crippen LogP contribution < -0.4 is 14.8 Å². The Kier molecular flexibility index (Phi) is 3.46. The first-order valence-electron chi connectivity index (χ1n) is 7.28. The third-order valence-electron chi connectivity index (χ3n) is 3.60. The Labute approximate surface area is 141 Å². The number of carbonyl (C=O) groups excluding carboxylic acids is 1. The van der Waals surface area contributed by atoms with Crippen molar-refractivity contribution in [3.63, 3.8) is 0 Å². The molecule has 0 saturated heterocycles. The maximum absolute atomic E-state index is 12.4. The van der Waals surface area contributed by atoms with Crippen molar-refractivity contribution in [3.05, 3.63) is 41.0 Å². The van der Waals surface area contributed by atoms with Gasteiger partial charge < -0.3 is 14.8 Å². The standard InChI is InChI=1S/C16H14N4O3S/c1-9-5-14(20(2)19-9)18-15(21)11-7-24-16(17-11)10-3-4-12-13(6-10)23-8-22-12/h3-7H,8H2,1-2H3,(H,18,21). The van der Waals surface area contributed by atoms with Gasteiger partial charge in [0.05, 0.1) is 5.69 Å². The number of aromatic nitrogens is 3. The number of anilines is 1. The first kappa shape index (κ1) is 14.7. The summed E-state index contributed by atoms with van der Waals surface area (Å²) in [7, 11) is 1.78. The number of fused-ring (bicyclic) bond motifs is 1. The van der Waals surface area contributed by atoms with E-state index >= 15 is 0 Å². The molecule has 0 spiro atoms. The summed E-state index contributed by atoms with van der Waals surface area (Å²) >= 11 is 1.41. The van der Waals surface area contributed by atoms with Crippen molar-refractivity contribution in [2.24, 2.45) is 7.05 Å². The van der Waals surface area contributed by atoms with Gasteiger partial charge in [0.2, 0.25) is 6.79 Å². The number of thiazole rings is 1. The summed E-state index contributed by atoms with van der Waals surface area (Å²) in [5, 5.41) is 9.50. The number of ether oxygens (including phenoxy) is 2. The molecule has 1 amide bonds. The van der Waals surface area contributed by atoms with Crippen LogP contribution in [0, 0.1) is 6.92 Å². The largest absolute Gasteiger partial charge is 0.454 e. The zero-order chi connectivity index (χ0) is 16.7. The molecule has 0 unspecified atom stereocenters. The summed E-state index contributed by atoms with van der Waals surface area (Å²) in [4.78, 5) is 16.8. The van der Waals surface area contributed by atoms with Crippen molar-refractivity contribution in [2.45, 2.75) is 6.92 Å². The summed E-state index contributed by atoms with van der Waals surface area (Å²) in [6, 6.07) is 7.42. The summed E-state index contributed by atoms with van der Waals surface area (Å²) in [5.74, 6) is 1.79. The quantitative estimate of drug-likeness (QED) is 0.792. The van der Waals surface area contributed by atoms with E-state index in [0.29, 0.717) is 17.3 Å². The average molecular weight is 342 g/mol. The monoisotopic (exact) mass is 342 g/mol. The molecule has 7 nitrogen and oxygen atoms in total. The predicted molar refractivity (Wildman–Crippen MR) is 89.6 cm³/mol. The fourth-order valence-corrected chi connectivity index (χ4v) is 3.25. The van der Waals surface area contributed by atoms with E-state index in [0.717, 1.165) is 22.0 Å². The fourth-order valence-electron chi connectivity index (χ4n) is 2.45. The number of nitrogens with zero attached hydrogens (tertiary/aromatic N) is 3. The highest BCUT2D eigenvalue weighted by atomic mass is 32.1. The Morgan fingerprint density at radius 2 is 2.12 bits per heavy atom. The molecule has 0 radical (unpaired) electrons. The maximum atomic E-state index is 12.4. The average Bonchev–Trinajstić information content (AvgIpc) is 3.27. The molecule has 1 N–H and O–H groups in total. The van der Waals surface area contributed by atoms with Crippen molar-refractivity contribution in [3.8, 4) is 22.1 Å². The smallest absolute Gasteiger partial charge is 0.276 e. The van der Waals surface area contributed by atoms with Gasteiger partial charge in [0.25, 0.3) is 5.91 Å². The highest BCUT2D eigenvalue weighted by Gasteiger charge is 2.17. The lowest BCUT2D eigenvalue weighted by Crippen LogP contribution is -2.14. The third kappa shape index (κ3) is 2.61. The zero-order valence-corrected chi connectivity index (χ0v) is 13.9. The van der Waals surface area contributed by atoms with E-state index in [1.807, 2.05) is 31.2 Å². The Morgan fingerprint density at radius 1 is 1.29 bits per heavy atom. The molecular formula is C16H14N4O3S. The zero-order valence-electron chi connectivity index (χ0n) is 13.1. The molecule has 0 fully saturated rings. The number of aryl methyl sites for hydroxylation is 2. The molecule has 1 aliphatic heterocycles. The van der Waals surface area contributed by atoms with Gasteiger partial charge in [-0.05, 0) is 25.1 Å². The minimum Gasteiger partial charge on any atom is -0.454 e. The van der Waals surface area contributed by atoms with Gasteiger partial charge >= 0.3 is 0 Å². The third-order valence-corrected chi connectivity index (χ3v) is 4.49. The number of hydrogen-bond acceptors (Lipinski definition) is 6.